The monoisotopic (exact) mass is 417 g/mol. The number of aromatic nitrogens is 1. The smallest absolute Gasteiger partial charge is 0.408 e. The van der Waals surface area contributed by atoms with Crippen molar-refractivity contribution < 1.29 is 30.0 Å². The third-order valence-electron chi connectivity index (χ3n) is 4.76. The molecule has 2 aromatic rings. The van der Waals surface area contributed by atoms with Gasteiger partial charge in [0.05, 0.1) is 11.4 Å². The first-order valence-corrected chi connectivity index (χ1v) is 9.69. The van der Waals surface area contributed by atoms with Gasteiger partial charge in [-0.15, -0.1) is 0 Å². The number of fused-ring (bicyclic) bond motifs is 1. The van der Waals surface area contributed by atoms with Crippen LogP contribution in [0.25, 0.3) is 10.8 Å². The van der Waals surface area contributed by atoms with Crippen LogP contribution in [0.3, 0.4) is 0 Å². The number of benzene rings is 1. The lowest BCUT2D eigenvalue weighted by Crippen LogP contribution is -2.47. The van der Waals surface area contributed by atoms with Crippen molar-refractivity contribution in [3.63, 3.8) is 0 Å². The molecule has 3 rings (SSSR count). The van der Waals surface area contributed by atoms with Gasteiger partial charge >= 0.3 is 6.09 Å². The number of aliphatic hydroxyl groups excluding tert-OH is 2. The molecule has 162 valence electrons. The fraction of sp³-hybridized carbons (Fsp3) is 0.476. The average Bonchev–Trinajstić information content (AvgIpc) is 2.89. The number of aliphatic hydroxyl groups is 2. The number of aromatic hydroxyl groups is 2. The van der Waals surface area contributed by atoms with E-state index in [1.807, 2.05) is 20.8 Å². The minimum absolute atomic E-state index is 0.144. The highest BCUT2D eigenvalue weighted by Crippen LogP contribution is 2.42. The van der Waals surface area contributed by atoms with Gasteiger partial charge in [0.1, 0.15) is 12.5 Å². The highest BCUT2D eigenvalue weighted by atomic mass is 16.5. The molecule has 0 aliphatic carbocycles. The fourth-order valence-electron chi connectivity index (χ4n) is 3.47. The SMILES string of the molecule is CC(C)(C)NC(=O)OCC#Cc1cccc2c(O)n(C3CCC(O)NC3O)c(O)c12. The van der Waals surface area contributed by atoms with E-state index >= 15 is 0 Å². The van der Waals surface area contributed by atoms with Crippen LogP contribution in [0, 0.1) is 11.8 Å². The Labute approximate surface area is 174 Å². The van der Waals surface area contributed by atoms with Crippen molar-refractivity contribution in [3.8, 4) is 23.6 Å². The van der Waals surface area contributed by atoms with Crippen LogP contribution in [0.2, 0.25) is 0 Å². The summed E-state index contributed by atoms with van der Waals surface area (Å²) in [5.41, 5.74) is 0.0221. The summed E-state index contributed by atoms with van der Waals surface area (Å²) < 4.78 is 6.27. The molecule has 1 aliphatic heterocycles. The lowest BCUT2D eigenvalue weighted by Gasteiger charge is -2.33. The summed E-state index contributed by atoms with van der Waals surface area (Å²) in [6.07, 6.45) is -1.85. The Morgan fingerprint density at radius 1 is 1.27 bits per heavy atom. The van der Waals surface area contributed by atoms with Crippen LogP contribution in [0.5, 0.6) is 11.8 Å². The summed E-state index contributed by atoms with van der Waals surface area (Å²) in [6.45, 7) is 5.36. The zero-order chi connectivity index (χ0) is 22.1. The van der Waals surface area contributed by atoms with Gasteiger partial charge in [0, 0.05) is 16.5 Å². The predicted octanol–water partition coefficient (Wildman–Crippen LogP) is 1.49. The van der Waals surface area contributed by atoms with Crippen LogP contribution in [0.1, 0.15) is 45.2 Å². The third-order valence-corrected chi connectivity index (χ3v) is 4.76. The van der Waals surface area contributed by atoms with Crippen molar-refractivity contribution in [1.29, 1.82) is 0 Å². The Hall–Kier alpha value is -2.93. The summed E-state index contributed by atoms with van der Waals surface area (Å²) in [4.78, 5) is 11.7. The first-order chi connectivity index (χ1) is 14.1. The Morgan fingerprint density at radius 2 is 2.00 bits per heavy atom. The molecule has 1 aromatic carbocycles. The second kappa shape index (κ2) is 8.44. The number of carbonyl (C=O) groups is 1. The van der Waals surface area contributed by atoms with Gasteiger partial charge in [0.15, 0.2) is 6.61 Å². The van der Waals surface area contributed by atoms with Crippen LogP contribution in [0.15, 0.2) is 18.2 Å². The van der Waals surface area contributed by atoms with Gasteiger partial charge in [0.25, 0.3) is 0 Å². The quantitative estimate of drug-likeness (QED) is 0.407. The van der Waals surface area contributed by atoms with E-state index < -0.39 is 30.1 Å². The molecule has 0 saturated carbocycles. The second-order valence-corrected chi connectivity index (χ2v) is 8.27. The Morgan fingerprint density at radius 3 is 2.67 bits per heavy atom. The number of piperidine rings is 1. The highest BCUT2D eigenvalue weighted by molar-refractivity contribution is 5.97. The van der Waals surface area contributed by atoms with Gasteiger partial charge < -0.3 is 30.5 Å². The number of rotatable bonds is 2. The molecule has 3 atom stereocenters. The van der Waals surface area contributed by atoms with Crippen molar-refractivity contribution in [2.24, 2.45) is 0 Å². The van der Waals surface area contributed by atoms with Crippen molar-refractivity contribution >= 4 is 16.9 Å². The molecule has 1 fully saturated rings. The Kier molecular flexibility index (Phi) is 6.12. The summed E-state index contributed by atoms with van der Waals surface area (Å²) >= 11 is 0. The zero-order valence-corrected chi connectivity index (χ0v) is 17.1. The molecule has 3 unspecified atom stereocenters. The van der Waals surface area contributed by atoms with E-state index in [9.17, 15) is 25.2 Å². The number of carbonyl (C=O) groups excluding carboxylic acids is 1. The number of alkyl carbamates (subject to hydrolysis) is 1. The van der Waals surface area contributed by atoms with Gasteiger partial charge in [0.2, 0.25) is 11.8 Å². The molecule has 1 aliphatic rings. The van der Waals surface area contributed by atoms with Crippen LogP contribution >= 0.6 is 0 Å². The number of hydrogen-bond acceptors (Lipinski definition) is 7. The van der Waals surface area contributed by atoms with Crippen LogP contribution in [-0.4, -0.2) is 55.7 Å². The molecule has 2 heterocycles. The van der Waals surface area contributed by atoms with Crippen LogP contribution in [0.4, 0.5) is 4.79 Å². The molecule has 1 amide bonds. The van der Waals surface area contributed by atoms with Crippen molar-refractivity contribution in [2.45, 2.75) is 57.6 Å². The Balaban J connectivity index is 1.85. The number of amides is 1. The average molecular weight is 417 g/mol. The van der Waals surface area contributed by atoms with E-state index in [1.165, 1.54) is 4.57 Å². The minimum atomic E-state index is -1.14. The number of nitrogens with zero attached hydrogens (tertiary/aromatic N) is 1. The first-order valence-electron chi connectivity index (χ1n) is 9.69. The normalized spacial score (nSPS) is 21.7. The molecular weight excluding hydrogens is 390 g/mol. The standard InChI is InChI=1S/C21H27N3O6/c1-21(2,3)23-20(29)30-11-5-7-12-6-4-8-13-16(12)19(28)24(18(13)27)14-9-10-15(25)22-17(14)26/h4,6,8,14-15,17,22,25-28H,9-11H2,1-3H3,(H,23,29). The molecule has 9 nitrogen and oxygen atoms in total. The topological polar surface area (TPSA) is 136 Å². The van der Waals surface area contributed by atoms with Gasteiger partial charge in [-0.2, -0.15) is 0 Å². The second-order valence-electron chi connectivity index (χ2n) is 8.27. The van der Waals surface area contributed by atoms with Crippen molar-refractivity contribution in [1.82, 2.24) is 15.2 Å². The van der Waals surface area contributed by atoms with Crippen LogP contribution < -0.4 is 10.6 Å². The maximum Gasteiger partial charge on any atom is 0.408 e. The van der Waals surface area contributed by atoms with Gasteiger partial charge in [-0.25, -0.2) is 4.79 Å². The Bertz CT molecular complexity index is 998. The summed E-state index contributed by atoms with van der Waals surface area (Å²) in [6, 6.07) is 4.33. The van der Waals surface area contributed by atoms with E-state index in [-0.39, 0.29) is 18.4 Å². The van der Waals surface area contributed by atoms with E-state index in [4.69, 9.17) is 4.74 Å². The fourth-order valence-corrected chi connectivity index (χ4v) is 3.47. The number of hydrogen-bond donors (Lipinski definition) is 6. The number of nitrogens with one attached hydrogen (secondary N) is 2. The van der Waals surface area contributed by atoms with E-state index in [0.717, 1.165) is 0 Å². The highest BCUT2D eigenvalue weighted by Gasteiger charge is 2.33. The lowest BCUT2D eigenvalue weighted by molar-refractivity contribution is -0.0305. The molecule has 0 radical (unpaired) electrons. The predicted molar refractivity (Wildman–Crippen MR) is 110 cm³/mol. The lowest BCUT2D eigenvalue weighted by atomic mass is 10.0. The molecule has 0 bridgehead atoms. The van der Waals surface area contributed by atoms with E-state index in [2.05, 4.69) is 22.5 Å². The maximum atomic E-state index is 11.7. The molecule has 1 saturated heterocycles. The summed E-state index contributed by atoms with van der Waals surface area (Å²) in [5.74, 6) is 5.15. The molecular formula is C21H27N3O6. The summed E-state index contributed by atoms with van der Waals surface area (Å²) in [7, 11) is 0. The third kappa shape index (κ3) is 4.62. The van der Waals surface area contributed by atoms with Crippen LogP contribution in [-0.2, 0) is 4.74 Å². The largest absolute Gasteiger partial charge is 0.494 e. The van der Waals surface area contributed by atoms with E-state index in [0.29, 0.717) is 29.2 Å². The molecule has 6 N–H and O–H groups in total. The molecule has 30 heavy (non-hydrogen) atoms. The van der Waals surface area contributed by atoms with Gasteiger partial charge in [-0.05, 0) is 45.7 Å². The maximum absolute atomic E-state index is 11.7. The molecule has 9 heteroatoms. The van der Waals surface area contributed by atoms with Crippen molar-refractivity contribution in [2.75, 3.05) is 6.61 Å². The number of ether oxygens (including phenoxy) is 1. The zero-order valence-electron chi connectivity index (χ0n) is 17.1. The molecule has 0 spiro atoms. The van der Waals surface area contributed by atoms with Gasteiger partial charge in [-0.1, -0.05) is 17.9 Å². The van der Waals surface area contributed by atoms with Crippen molar-refractivity contribution in [3.05, 3.63) is 23.8 Å². The first kappa shape index (κ1) is 21.8. The molecule has 1 aromatic heterocycles. The van der Waals surface area contributed by atoms with Gasteiger partial charge in [-0.3, -0.25) is 9.88 Å². The summed E-state index contributed by atoms with van der Waals surface area (Å²) in [5, 5.41) is 47.3. The minimum Gasteiger partial charge on any atom is -0.494 e. The van der Waals surface area contributed by atoms with E-state index in [1.54, 1.807) is 18.2 Å².